The zero-order valence-electron chi connectivity index (χ0n) is 19.4. The summed E-state index contributed by atoms with van der Waals surface area (Å²) in [5.41, 5.74) is 1.02. The number of rotatable bonds is 6. The second-order valence-corrected chi connectivity index (χ2v) is 8.86. The van der Waals surface area contributed by atoms with Crippen LogP contribution in [-0.2, 0) is 4.74 Å². The Hall–Kier alpha value is -0.130. The number of halogens is 5. The Kier molecular flexibility index (Phi) is 15.8. The van der Waals surface area contributed by atoms with E-state index in [1.807, 2.05) is 12.1 Å². The minimum Gasteiger partial charge on any atom is -0.394 e. The highest BCUT2D eigenvalue weighted by Crippen LogP contribution is 2.28. The van der Waals surface area contributed by atoms with E-state index in [4.69, 9.17) is 4.74 Å². The summed E-state index contributed by atoms with van der Waals surface area (Å²) in [5, 5.41) is 24.1. The smallest absolute Gasteiger partial charge is 0.123 e. The standard InChI is InChI=1S/C22H35FN4O3.4ClH/c1-25-8-6-17(7-9-25)24-14-19-21(22(29)20(15-28)30-19)27-12-10-26(11-13-27)18-4-2-16(23)3-5-18;;;;/h2-5,17,19-22,24,28-29H,6-15H2,1H3;4*1H/t19-,20+,21+,22-;;;;/m1..../s1. The predicted molar refractivity (Wildman–Crippen MR) is 143 cm³/mol. The van der Waals surface area contributed by atoms with Crippen LogP contribution < -0.4 is 10.2 Å². The summed E-state index contributed by atoms with van der Waals surface area (Å²) in [6.07, 6.45) is 0.868. The van der Waals surface area contributed by atoms with E-state index in [1.165, 1.54) is 12.1 Å². The molecular weight excluding hydrogens is 529 g/mol. The lowest BCUT2D eigenvalue weighted by molar-refractivity contribution is -0.0222. The first-order valence-corrected chi connectivity index (χ1v) is 11.2. The summed E-state index contributed by atoms with van der Waals surface area (Å²) in [6.45, 7) is 5.93. The van der Waals surface area contributed by atoms with E-state index in [0.717, 1.165) is 57.8 Å². The maximum atomic E-state index is 13.2. The van der Waals surface area contributed by atoms with Crippen molar-refractivity contribution in [3.8, 4) is 0 Å². The van der Waals surface area contributed by atoms with E-state index in [1.54, 1.807) is 0 Å². The van der Waals surface area contributed by atoms with E-state index in [0.29, 0.717) is 12.6 Å². The van der Waals surface area contributed by atoms with E-state index in [-0.39, 0.29) is 74.2 Å². The maximum Gasteiger partial charge on any atom is 0.123 e. The third kappa shape index (κ3) is 8.20. The van der Waals surface area contributed by atoms with Crippen molar-refractivity contribution in [3.63, 3.8) is 0 Å². The van der Waals surface area contributed by atoms with Crippen molar-refractivity contribution in [1.29, 1.82) is 0 Å². The average molecular weight is 568 g/mol. The Bertz CT molecular complexity index is 681. The van der Waals surface area contributed by atoms with Gasteiger partial charge in [0.2, 0.25) is 0 Å². The maximum absolute atomic E-state index is 13.2. The lowest BCUT2D eigenvalue weighted by Gasteiger charge is -2.41. The predicted octanol–water partition coefficient (Wildman–Crippen LogP) is 1.81. The number of ether oxygens (including phenoxy) is 1. The molecule has 0 bridgehead atoms. The number of hydrogen-bond acceptors (Lipinski definition) is 7. The van der Waals surface area contributed by atoms with Gasteiger partial charge >= 0.3 is 0 Å². The number of nitrogens with zero attached hydrogens (tertiary/aromatic N) is 3. The molecule has 7 nitrogen and oxygen atoms in total. The molecule has 0 aliphatic carbocycles. The molecule has 3 aliphatic heterocycles. The van der Waals surface area contributed by atoms with Crippen LogP contribution in [0.2, 0.25) is 0 Å². The van der Waals surface area contributed by atoms with Gasteiger partial charge in [-0.1, -0.05) is 0 Å². The largest absolute Gasteiger partial charge is 0.394 e. The fourth-order valence-electron chi connectivity index (χ4n) is 5.02. The molecule has 1 aromatic rings. The molecule has 34 heavy (non-hydrogen) atoms. The summed E-state index contributed by atoms with van der Waals surface area (Å²) in [5.74, 6) is -0.224. The van der Waals surface area contributed by atoms with Crippen molar-refractivity contribution in [2.45, 2.75) is 43.2 Å². The Morgan fingerprint density at radius 3 is 2.09 bits per heavy atom. The zero-order chi connectivity index (χ0) is 21.1. The fraction of sp³-hybridized carbons (Fsp3) is 0.727. The van der Waals surface area contributed by atoms with Gasteiger partial charge in [0.15, 0.2) is 0 Å². The van der Waals surface area contributed by atoms with Crippen molar-refractivity contribution in [2.24, 2.45) is 0 Å². The van der Waals surface area contributed by atoms with E-state index < -0.39 is 12.2 Å². The van der Waals surface area contributed by atoms with Gasteiger partial charge in [-0.25, -0.2) is 4.39 Å². The SMILES string of the molecule is CN1CCC(NC[C@H]2O[C@@H](CO)[C@@H](O)[C@H]2N2CCN(c3ccc(F)cc3)CC2)CC1.Cl.Cl.Cl.Cl. The average Bonchev–Trinajstić information content (AvgIpc) is 3.09. The van der Waals surface area contributed by atoms with Gasteiger partial charge in [0, 0.05) is 44.5 Å². The zero-order valence-corrected chi connectivity index (χ0v) is 22.7. The van der Waals surface area contributed by atoms with Crippen molar-refractivity contribution in [2.75, 3.05) is 64.4 Å². The summed E-state index contributed by atoms with van der Waals surface area (Å²) >= 11 is 0. The number of benzene rings is 1. The number of aliphatic hydroxyl groups excluding tert-OH is 2. The third-order valence-electron chi connectivity index (χ3n) is 6.90. The molecular formula is C22H39Cl4FN4O3. The van der Waals surface area contributed by atoms with Crippen LogP contribution in [-0.4, -0.2) is 110 Å². The molecule has 0 spiro atoms. The van der Waals surface area contributed by atoms with Crippen LogP contribution in [0.5, 0.6) is 0 Å². The molecule has 1 aromatic carbocycles. The first-order valence-electron chi connectivity index (χ1n) is 11.2. The van der Waals surface area contributed by atoms with Gasteiger partial charge in [-0.05, 0) is 57.2 Å². The lowest BCUT2D eigenvalue weighted by Crippen LogP contribution is -2.58. The first kappa shape index (κ1) is 33.9. The number of piperidine rings is 1. The monoisotopic (exact) mass is 566 g/mol. The normalized spacial score (nSPS) is 28.3. The molecule has 0 saturated carbocycles. The molecule has 4 atom stereocenters. The number of nitrogens with one attached hydrogen (secondary N) is 1. The van der Waals surface area contributed by atoms with E-state index in [9.17, 15) is 14.6 Å². The fourth-order valence-corrected chi connectivity index (χ4v) is 5.02. The molecule has 3 heterocycles. The second-order valence-electron chi connectivity index (χ2n) is 8.86. The number of likely N-dealkylation sites (tertiary alicyclic amines) is 1. The molecule has 3 saturated heterocycles. The summed E-state index contributed by atoms with van der Waals surface area (Å²) < 4.78 is 19.3. The molecule has 0 radical (unpaired) electrons. The van der Waals surface area contributed by atoms with Gasteiger partial charge in [-0.15, -0.1) is 49.6 Å². The molecule has 200 valence electrons. The molecule has 0 amide bonds. The molecule has 3 N–H and O–H groups in total. The molecule has 12 heteroatoms. The summed E-state index contributed by atoms with van der Waals surface area (Å²) in [4.78, 5) is 6.88. The third-order valence-corrected chi connectivity index (χ3v) is 6.90. The quantitative estimate of drug-likeness (QED) is 0.484. The van der Waals surface area contributed by atoms with Crippen molar-refractivity contribution in [1.82, 2.24) is 15.1 Å². The van der Waals surface area contributed by atoms with Gasteiger partial charge < -0.3 is 30.1 Å². The number of aliphatic hydroxyl groups is 2. The van der Waals surface area contributed by atoms with E-state index >= 15 is 0 Å². The topological polar surface area (TPSA) is 71.4 Å². The number of hydrogen-bond donors (Lipinski definition) is 3. The Balaban J connectivity index is 0.00000272. The van der Waals surface area contributed by atoms with Crippen LogP contribution in [0.3, 0.4) is 0 Å². The highest BCUT2D eigenvalue weighted by Gasteiger charge is 2.46. The molecule has 3 aliphatic rings. The number of piperazine rings is 1. The van der Waals surface area contributed by atoms with Gasteiger partial charge in [0.05, 0.1) is 18.8 Å². The van der Waals surface area contributed by atoms with Crippen molar-refractivity contribution < 1.29 is 19.3 Å². The van der Waals surface area contributed by atoms with Gasteiger partial charge in [0.1, 0.15) is 18.0 Å². The van der Waals surface area contributed by atoms with Crippen LogP contribution in [0, 0.1) is 5.82 Å². The lowest BCUT2D eigenvalue weighted by atomic mass is 10.00. The molecule has 0 unspecified atom stereocenters. The second kappa shape index (κ2) is 15.9. The van der Waals surface area contributed by atoms with Crippen LogP contribution >= 0.6 is 49.6 Å². The summed E-state index contributed by atoms with van der Waals surface area (Å²) in [6, 6.07) is 6.96. The molecule has 4 rings (SSSR count). The van der Waals surface area contributed by atoms with Crippen molar-refractivity contribution >= 4 is 55.3 Å². The van der Waals surface area contributed by atoms with Gasteiger partial charge in [-0.3, -0.25) is 4.90 Å². The van der Waals surface area contributed by atoms with Crippen LogP contribution in [0.4, 0.5) is 10.1 Å². The van der Waals surface area contributed by atoms with Crippen molar-refractivity contribution in [3.05, 3.63) is 30.1 Å². The van der Waals surface area contributed by atoms with Crippen LogP contribution in [0.15, 0.2) is 24.3 Å². The number of anilines is 1. The Labute approximate surface area is 227 Å². The highest BCUT2D eigenvalue weighted by molar-refractivity contribution is 5.86. The molecule has 3 fully saturated rings. The Morgan fingerprint density at radius 1 is 0.941 bits per heavy atom. The van der Waals surface area contributed by atoms with Crippen LogP contribution in [0.25, 0.3) is 0 Å². The first-order chi connectivity index (χ1) is 14.5. The van der Waals surface area contributed by atoms with Gasteiger partial charge in [0.25, 0.3) is 0 Å². The van der Waals surface area contributed by atoms with Gasteiger partial charge in [-0.2, -0.15) is 0 Å². The molecule has 0 aromatic heterocycles. The minimum absolute atomic E-state index is 0. The van der Waals surface area contributed by atoms with Crippen LogP contribution in [0.1, 0.15) is 12.8 Å². The Morgan fingerprint density at radius 2 is 1.53 bits per heavy atom. The highest BCUT2D eigenvalue weighted by atomic mass is 35.5. The summed E-state index contributed by atoms with van der Waals surface area (Å²) in [7, 11) is 2.15. The van der Waals surface area contributed by atoms with E-state index in [2.05, 4.69) is 27.1 Å². The minimum atomic E-state index is -0.698.